The number of benzene rings is 2. The van der Waals surface area contributed by atoms with E-state index < -0.39 is 11.9 Å². The van der Waals surface area contributed by atoms with Gasteiger partial charge in [-0.2, -0.15) is 0 Å². The largest absolute Gasteiger partial charge is 0.426 e. The maximum Gasteiger partial charge on any atom is 0.316 e. The third-order valence-corrected chi connectivity index (χ3v) is 7.27. The number of carbonyl (C=O) groups is 4. The van der Waals surface area contributed by atoms with Crippen LogP contribution in [0.3, 0.4) is 0 Å². The Hall–Kier alpha value is -3.48. The zero-order chi connectivity index (χ0) is 23.8. The Bertz CT molecular complexity index is 1100. The van der Waals surface area contributed by atoms with Crippen molar-refractivity contribution in [1.29, 1.82) is 0 Å². The molecule has 3 fully saturated rings. The Morgan fingerprint density at radius 3 is 2.06 bits per heavy atom. The van der Waals surface area contributed by atoms with Crippen LogP contribution in [-0.4, -0.2) is 30.2 Å². The van der Waals surface area contributed by atoms with E-state index in [-0.39, 0.29) is 42.5 Å². The van der Waals surface area contributed by atoms with E-state index in [4.69, 9.17) is 4.74 Å². The van der Waals surface area contributed by atoms with Crippen molar-refractivity contribution in [3.05, 3.63) is 54.1 Å². The lowest BCUT2D eigenvalue weighted by Crippen LogP contribution is -2.30. The molecule has 7 nitrogen and oxygen atoms in total. The van der Waals surface area contributed by atoms with Crippen LogP contribution in [0.2, 0.25) is 0 Å². The van der Waals surface area contributed by atoms with Gasteiger partial charge in [-0.1, -0.05) is 31.9 Å². The molecular formula is C27H28N2O5. The molecule has 0 radical (unpaired) electrons. The molecule has 176 valence electrons. The summed E-state index contributed by atoms with van der Waals surface area (Å²) in [5.41, 5.74) is 2.47. The smallest absolute Gasteiger partial charge is 0.316 e. The molecule has 34 heavy (non-hydrogen) atoms. The quantitative estimate of drug-likeness (QED) is 0.384. The lowest BCUT2D eigenvalue weighted by Gasteiger charge is -2.19. The average Bonchev–Trinajstić information content (AvgIpc) is 3.37. The van der Waals surface area contributed by atoms with Gasteiger partial charge in [0, 0.05) is 18.7 Å². The fourth-order valence-corrected chi connectivity index (χ4v) is 5.31. The minimum atomic E-state index is -0.553. The van der Waals surface area contributed by atoms with Crippen molar-refractivity contribution in [1.82, 2.24) is 0 Å². The number of anilines is 2. The van der Waals surface area contributed by atoms with Crippen LogP contribution in [-0.2, 0) is 25.6 Å². The number of fused-ring (bicyclic) bond motifs is 1. The first-order chi connectivity index (χ1) is 16.5. The summed E-state index contributed by atoms with van der Waals surface area (Å²) in [6.45, 7) is 2.35. The van der Waals surface area contributed by atoms with E-state index in [1.54, 1.807) is 29.2 Å². The third-order valence-electron chi connectivity index (χ3n) is 7.27. The van der Waals surface area contributed by atoms with E-state index in [2.05, 4.69) is 6.92 Å². The van der Waals surface area contributed by atoms with Gasteiger partial charge in [-0.3, -0.25) is 24.1 Å². The van der Waals surface area contributed by atoms with Crippen molar-refractivity contribution < 1.29 is 23.9 Å². The SMILES string of the molecule is CCc1ccc(N2C[C@H](C(=O)Oc3ccc(N4C(=O)[C@H]5CCCC[C@H]5C4=O)cc3)CC2=O)cc1. The van der Waals surface area contributed by atoms with Crippen LogP contribution in [0.5, 0.6) is 5.75 Å². The molecule has 2 aromatic rings. The number of aryl methyl sites for hydroxylation is 1. The highest BCUT2D eigenvalue weighted by Crippen LogP contribution is 2.40. The molecule has 0 aromatic heterocycles. The molecule has 5 rings (SSSR count). The van der Waals surface area contributed by atoms with Crippen molar-refractivity contribution in [2.75, 3.05) is 16.3 Å². The van der Waals surface area contributed by atoms with Gasteiger partial charge in [0.25, 0.3) is 0 Å². The van der Waals surface area contributed by atoms with Crippen molar-refractivity contribution in [3.63, 3.8) is 0 Å². The van der Waals surface area contributed by atoms with Crippen LogP contribution in [0.4, 0.5) is 11.4 Å². The molecule has 0 N–H and O–H groups in total. The van der Waals surface area contributed by atoms with E-state index in [0.29, 0.717) is 11.4 Å². The first kappa shape index (κ1) is 22.3. The number of rotatable bonds is 5. The van der Waals surface area contributed by atoms with Gasteiger partial charge in [-0.25, -0.2) is 0 Å². The maximum atomic E-state index is 12.8. The monoisotopic (exact) mass is 460 g/mol. The highest BCUT2D eigenvalue weighted by atomic mass is 16.5. The molecule has 0 unspecified atom stereocenters. The summed E-state index contributed by atoms with van der Waals surface area (Å²) in [4.78, 5) is 53.7. The minimum absolute atomic E-state index is 0.103. The van der Waals surface area contributed by atoms with Crippen molar-refractivity contribution in [2.24, 2.45) is 17.8 Å². The Labute approximate surface area is 198 Å². The lowest BCUT2D eigenvalue weighted by atomic mass is 9.81. The van der Waals surface area contributed by atoms with Gasteiger partial charge in [-0.05, 0) is 61.2 Å². The van der Waals surface area contributed by atoms with Gasteiger partial charge in [0.1, 0.15) is 5.75 Å². The zero-order valence-electron chi connectivity index (χ0n) is 19.2. The Morgan fingerprint density at radius 1 is 0.882 bits per heavy atom. The van der Waals surface area contributed by atoms with Gasteiger partial charge in [0.05, 0.1) is 23.4 Å². The minimum Gasteiger partial charge on any atom is -0.426 e. The van der Waals surface area contributed by atoms with E-state index in [0.717, 1.165) is 37.8 Å². The summed E-state index contributed by atoms with van der Waals surface area (Å²) in [6, 6.07) is 14.2. The summed E-state index contributed by atoms with van der Waals surface area (Å²) in [5, 5.41) is 0. The Balaban J connectivity index is 1.23. The number of esters is 1. The molecule has 3 aliphatic rings. The Kier molecular flexibility index (Phi) is 5.94. The van der Waals surface area contributed by atoms with E-state index in [9.17, 15) is 19.2 Å². The number of hydrogen-bond acceptors (Lipinski definition) is 5. The summed E-state index contributed by atoms with van der Waals surface area (Å²) < 4.78 is 5.53. The highest BCUT2D eigenvalue weighted by molar-refractivity contribution is 6.22. The molecule has 3 atom stereocenters. The number of imide groups is 1. The predicted octanol–water partition coefficient (Wildman–Crippen LogP) is 3.89. The first-order valence-corrected chi connectivity index (χ1v) is 12.0. The normalized spacial score (nSPS) is 24.5. The first-order valence-electron chi connectivity index (χ1n) is 12.0. The number of carbonyl (C=O) groups excluding carboxylic acids is 4. The summed E-state index contributed by atoms with van der Waals surface area (Å²) in [7, 11) is 0. The molecule has 0 spiro atoms. The fraction of sp³-hybridized carbons (Fsp3) is 0.407. The van der Waals surface area contributed by atoms with Crippen LogP contribution < -0.4 is 14.5 Å². The molecule has 7 heteroatoms. The summed E-state index contributed by atoms with van der Waals surface area (Å²) in [5.74, 6) is -1.47. The van der Waals surface area contributed by atoms with Crippen molar-refractivity contribution in [2.45, 2.75) is 45.4 Å². The molecule has 3 amide bonds. The van der Waals surface area contributed by atoms with Gasteiger partial charge in [0.15, 0.2) is 0 Å². The van der Waals surface area contributed by atoms with Crippen LogP contribution in [0.25, 0.3) is 0 Å². The van der Waals surface area contributed by atoms with E-state index in [1.807, 2.05) is 24.3 Å². The van der Waals surface area contributed by atoms with Crippen LogP contribution in [0.15, 0.2) is 48.5 Å². The second-order valence-corrected chi connectivity index (χ2v) is 9.35. The van der Waals surface area contributed by atoms with Gasteiger partial charge in [0.2, 0.25) is 17.7 Å². The van der Waals surface area contributed by atoms with Crippen LogP contribution >= 0.6 is 0 Å². The fourth-order valence-electron chi connectivity index (χ4n) is 5.31. The number of amides is 3. The number of nitrogens with zero attached hydrogens (tertiary/aromatic N) is 2. The molecule has 1 saturated carbocycles. The molecule has 0 bridgehead atoms. The van der Waals surface area contributed by atoms with Crippen LogP contribution in [0, 0.1) is 17.8 Å². The molecule has 2 aromatic carbocycles. The molecular weight excluding hydrogens is 432 g/mol. The summed E-state index contributed by atoms with van der Waals surface area (Å²) in [6.07, 6.45) is 4.51. The standard InChI is InChI=1S/C27H28N2O5/c1-2-17-7-9-19(10-8-17)28-16-18(15-24(28)30)27(33)34-21-13-11-20(12-14-21)29-25(31)22-5-3-4-6-23(22)26(29)32/h7-14,18,22-23H,2-6,15-16H2,1H3/t18-,22-,23+/m1/s1. The molecule has 2 aliphatic heterocycles. The maximum absolute atomic E-state index is 12.8. The highest BCUT2D eigenvalue weighted by Gasteiger charge is 2.48. The van der Waals surface area contributed by atoms with Gasteiger partial charge < -0.3 is 9.64 Å². The topological polar surface area (TPSA) is 84.0 Å². The van der Waals surface area contributed by atoms with Crippen LogP contribution in [0.1, 0.15) is 44.6 Å². The molecule has 2 saturated heterocycles. The second-order valence-electron chi connectivity index (χ2n) is 9.35. The second kappa shape index (κ2) is 9.05. The van der Waals surface area contributed by atoms with Gasteiger partial charge in [-0.15, -0.1) is 0 Å². The van der Waals surface area contributed by atoms with Crippen molar-refractivity contribution >= 4 is 35.1 Å². The average molecular weight is 461 g/mol. The number of hydrogen-bond donors (Lipinski definition) is 0. The van der Waals surface area contributed by atoms with E-state index in [1.165, 1.54) is 10.5 Å². The Morgan fingerprint density at radius 2 is 1.47 bits per heavy atom. The van der Waals surface area contributed by atoms with Gasteiger partial charge >= 0.3 is 5.97 Å². The zero-order valence-corrected chi connectivity index (χ0v) is 19.2. The molecule has 1 aliphatic carbocycles. The number of ether oxygens (including phenoxy) is 1. The predicted molar refractivity (Wildman–Crippen MR) is 126 cm³/mol. The lowest BCUT2D eigenvalue weighted by molar-refractivity contribution is -0.139. The van der Waals surface area contributed by atoms with E-state index >= 15 is 0 Å². The third kappa shape index (κ3) is 4.00. The molecule has 2 heterocycles. The van der Waals surface area contributed by atoms with Crippen molar-refractivity contribution in [3.8, 4) is 5.75 Å². The summed E-state index contributed by atoms with van der Waals surface area (Å²) >= 11 is 0.